The van der Waals surface area contributed by atoms with Crippen molar-refractivity contribution in [2.45, 2.75) is 44.9 Å². The van der Waals surface area contributed by atoms with E-state index in [1.54, 1.807) is 0 Å². The molecule has 0 bridgehead atoms. The van der Waals surface area contributed by atoms with Crippen LogP contribution in [0.15, 0.2) is 22.2 Å². The number of halogens is 1. The molecule has 1 fully saturated rings. The highest BCUT2D eigenvalue weighted by atomic mass is 79.9. The lowest BCUT2D eigenvalue weighted by atomic mass is 10.0. The van der Waals surface area contributed by atoms with E-state index < -0.39 is 0 Å². The van der Waals surface area contributed by atoms with Crippen molar-refractivity contribution >= 4 is 22.3 Å². The van der Waals surface area contributed by atoms with E-state index >= 15 is 0 Å². The number of hydrogen-bond donors (Lipinski definition) is 0. The Morgan fingerprint density at radius 1 is 1.37 bits per heavy atom. The van der Waals surface area contributed by atoms with E-state index in [0.29, 0.717) is 6.17 Å². The number of rotatable bonds is 3. The topological polar surface area (TPSA) is 36.7 Å². The third-order valence-electron chi connectivity index (χ3n) is 4.33. The Bertz CT molecular complexity index is 465. The standard InChI is InChI=1S/C13H20BrN5/c1-10(18-8-7-15-13(18)14)19-9-16-17(2)12(19)11-5-3-4-6-11/h7-12H,3-6H2,1-2H3/t10-,12-/m0/s1. The van der Waals surface area contributed by atoms with Gasteiger partial charge >= 0.3 is 0 Å². The average molecular weight is 326 g/mol. The first kappa shape index (κ1) is 13.0. The highest BCUT2D eigenvalue weighted by Gasteiger charge is 2.37. The molecule has 0 amide bonds. The van der Waals surface area contributed by atoms with E-state index in [0.717, 1.165) is 10.7 Å². The molecule has 1 aliphatic carbocycles. The van der Waals surface area contributed by atoms with Gasteiger partial charge in [0, 0.05) is 19.4 Å². The lowest BCUT2D eigenvalue weighted by molar-refractivity contribution is 0.0568. The van der Waals surface area contributed by atoms with Gasteiger partial charge in [0.2, 0.25) is 0 Å². The SMILES string of the molecule is C[C@H](N1C=NN(C)[C@@H]1C1CCCC1)n1ccnc1Br. The zero-order valence-corrected chi connectivity index (χ0v) is 13.0. The van der Waals surface area contributed by atoms with Crippen molar-refractivity contribution in [2.75, 3.05) is 7.05 Å². The molecule has 0 spiro atoms. The molecular formula is C13H20BrN5. The molecule has 2 aliphatic rings. The molecule has 104 valence electrons. The van der Waals surface area contributed by atoms with Gasteiger partial charge in [-0.15, -0.1) is 0 Å². The number of hydrogen-bond acceptors (Lipinski definition) is 4. The Kier molecular flexibility index (Phi) is 3.52. The first-order valence-electron chi connectivity index (χ1n) is 6.91. The molecule has 19 heavy (non-hydrogen) atoms. The Morgan fingerprint density at radius 2 is 2.11 bits per heavy atom. The third kappa shape index (κ3) is 2.26. The second-order valence-corrected chi connectivity index (χ2v) is 6.15. The molecule has 1 aromatic heterocycles. The second kappa shape index (κ2) is 5.15. The van der Waals surface area contributed by atoms with Gasteiger partial charge in [-0.25, -0.2) is 4.98 Å². The van der Waals surface area contributed by atoms with E-state index in [4.69, 9.17) is 0 Å². The van der Waals surface area contributed by atoms with Crippen LogP contribution in [0.5, 0.6) is 0 Å². The summed E-state index contributed by atoms with van der Waals surface area (Å²) in [7, 11) is 2.08. The Hall–Kier alpha value is -1.04. The molecule has 0 saturated heterocycles. The normalized spacial score (nSPS) is 25.5. The highest BCUT2D eigenvalue weighted by Crippen LogP contribution is 2.35. The van der Waals surface area contributed by atoms with Crippen LogP contribution < -0.4 is 0 Å². The maximum absolute atomic E-state index is 4.49. The Morgan fingerprint density at radius 3 is 2.74 bits per heavy atom. The monoisotopic (exact) mass is 325 g/mol. The first-order chi connectivity index (χ1) is 9.18. The van der Waals surface area contributed by atoms with Crippen molar-refractivity contribution in [2.24, 2.45) is 11.0 Å². The van der Waals surface area contributed by atoms with Crippen LogP contribution in [0.4, 0.5) is 0 Å². The summed E-state index contributed by atoms with van der Waals surface area (Å²) >= 11 is 3.50. The lowest BCUT2D eigenvalue weighted by Crippen LogP contribution is -2.45. The van der Waals surface area contributed by atoms with E-state index in [-0.39, 0.29) is 6.17 Å². The lowest BCUT2D eigenvalue weighted by Gasteiger charge is -2.37. The van der Waals surface area contributed by atoms with Gasteiger partial charge in [-0.3, -0.25) is 5.01 Å². The zero-order valence-electron chi connectivity index (χ0n) is 11.4. The van der Waals surface area contributed by atoms with Crippen LogP contribution in [0.3, 0.4) is 0 Å². The summed E-state index contributed by atoms with van der Waals surface area (Å²) in [5, 5.41) is 6.60. The summed E-state index contributed by atoms with van der Waals surface area (Å²) in [5.74, 6) is 0.720. The average Bonchev–Trinajstić information content (AvgIpc) is 3.08. The minimum absolute atomic E-state index is 0.219. The fourth-order valence-corrected chi connectivity index (χ4v) is 3.84. The summed E-state index contributed by atoms with van der Waals surface area (Å²) in [6, 6.07) is 0. The van der Waals surface area contributed by atoms with Gasteiger partial charge in [-0.1, -0.05) is 12.8 Å². The third-order valence-corrected chi connectivity index (χ3v) is 4.95. The van der Waals surface area contributed by atoms with Crippen molar-refractivity contribution in [3.63, 3.8) is 0 Å². The van der Waals surface area contributed by atoms with Gasteiger partial charge in [0.05, 0.1) is 0 Å². The van der Waals surface area contributed by atoms with Gasteiger partial charge < -0.3 is 9.47 Å². The largest absolute Gasteiger partial charge is 0.318 e. The molecule has 5 nitrogen and oxygen atoms in total. The summed E-state index contributed by atoms with van der Waals surface area (Å²) in [5.41, 5.74) is 0. The molecule has 2 atom stereocenters. The van der Waals surface area contributed by atoms with E-state index in [9.17, 15) is 0 Å². The van der Waals surface area contributed by atoms with Crippen molar-refractivity contribution in [1.82, 2.24) is 19.5 Å². The molecule has 0 aromatic carbocycles. The van der Waals surface area contributed by atoms with Gasteiger partial charge in [0.15, 0.2) is 4.73 Å². The highest BCUT2D eigenvalue weighted by molar-refractivity contribution is 9.10. The van der Waals surface area contributed by atoms with Gasteiger partial charge in [0.25, 0.3) is 0 Å². The fraction of sp³-hybridized carbons (Fsp3) is 0.692. The van der Waals surface area contributed by atoms with Gasteiger partial charge in [-0.2, -0.15) is 5.10 Å². The quantitative estimate of drug-likeness (QED) is 0.857. The molecule has 1 aromatic rings. The summed E-state index contributed by atoms with van der Waals surface area (Å²) < 4.78 is 3.00. The van der Waals surface area contributed by atoms with E-state index in [1.807, 2.05) is 18.7 Å². The summed E-state index contributed by atoms with van der Waals surface area (Å²) in [4.78, 5) is 6.60. The van der Waals surface area contributed by atoms with Gasteiger partial charge in [0.1, 0.15) is 18.7 Å². The molecule has 6 heteroatoms. The van der Waals surface area contributed by atoms with Crippen molar-refractivity contribution in [3.05, 3.63) is 17.1 Å². The van der Waals surface area contributed by atoms with Crippen LogP contribution in [0.2, 0.25) is 0 Å². The Labute approximate surface area is 122 Å². The van der Waals surface area contributed by atoms with E-state index in [2.05, 4.69) is 54.5 Å². The Balaban J connectivity index is 1.82. The van der Waals surface area contributed by atoms with Crippen LogP contribution in [0.25, 0.3) is 0 Å². The minimum atomic E-state index is 0.219. The molecule has 0 N–H and O–H groups in total. The molecule has 0 unspecified atom stereocenters. The predicted molar refractivity (Wildman–Crippen MR) is 78.5 cm³/mol. The zero-order chi connectivity index (χ0) is 13.4. The smallest absolute Gasteiger partial charge is 0.178 e. The first-order valence-corrected chi connectivity index (χ1v) is 7.70. The van der Waals surface area contributed by atoms with Crippen molar-refractivity contribution in [3.8, 4) is 0 Å². The number of aromatic nitrogens is 2. The van der Waals surface area contributed by atoms with Crippen LogP contribution >= 0.6 is 15.9 Å². The number of nitrogens with zero attached hydrogens (tertiary/aromatic N) is 5. The van der Waals surface area contributed by atoms with Crippen LogP contribution in [0, 0.1) is 5.92 Å². The maximum Gasteiger partial charge on any atom is 0.178 e. The molecule has 1 aliphatic heterocycles. The molecule has 2 heterocycles. The molecule has 0 radical (unpaired) electrons. The van der Waals surface area contributed by atoms with Gasteiger partial charge in [-0.05, 0) is 41.6 Å². The fourth-order valence-electron chi connectivity index (χ4n) is 3.31. The summed E-state index contributed by atoms with van der Waals surface area (Å²) in [6.07, 6.45) is 11.7. The number of hydrazone groups is 1. The molecule has 3 rings (SSSR count). The second-order valence-electron chi connectivity index (χ2n) is 5.45. The van der Waals surface area contributed by atoms with Crippen LogP contribution in [-0.2, 0) is 0 Å². The minimum Gasteiger partial charge on any atom is -0.318 e. The molecule has 1 saturated carbocycles. The molecular weight excluding hydrogens is 306 g/mol. The predicted octanol–water partition coefficient (Wildman–Crippen LogP) is 2.87. The number of imidazole rings is 1. The van der Waals surface area contributed by atoms with Crippen molar-refractivity contribution in [1.29, 1.82) is 0 Å². The summed E-state index contributed by atoms with van der Waals surface area (Å²) in [6.45, 7) is 2.19. The van der Waals surface area contributed by atoms with Crippen LogP contribution in [0.1, 0.15) is 38.8 Å². The van der Waals surface area contributed by atoms with Crippen LogP contribution in [-0.4, -0.2) is 39.0 Å². The van der Waals surface area contributed by atoms with E-state index in [1.165, 1.54) is 25.7 Å². The van der Waals surface area contributed by atoms with Crippen molar-refractivity contribution < 1.29 is 0 Å². The maximum atomic E-state index is 4.49.